The SMILES string of the molecule is CCN=C(NC(C)c1ccc(OCC2CC2)c(F)c1)NC1CC1C. The molecule has 2 aliphatic rings. The Balaban J connectivity index is 1.59. The summed E-state index contributed by atoms with van der Waals surface area (Å²) in [6.45, 7) is 7.59. The highest BCUT2D eigenvalue weighted by atomic mass is 19.1. The van der Waals surface area contributed by atoms with Crippen LogP contribution in [0.2, 0.25) is 0 Å². The Labute approximate surface area is 143 Å². The van der Waals surface area contributed by atoms with Crippen molar-refractivity contribution < 1.29 is 9.13 Å². The molecule has 5 heteroatoms. The van der Waals surface area contributed by atoms with E-state index in [9.17, 15) is 4.39 Å². The Morgan fingerprint density at radius 1 is 1.42 bits per heavy atom. The molecule has 4 nitrogen and oxygen atoms in total. The molecule has 2 fully saturated rings. The first-order valence-electron chi connectivity index (χ1n) is 9.06. The molecule has 2 saturated carbocycles. The lowest BCUT2D eigenvalue weighted by Crippen LogP contribution is -2.40. The van der Waals surface area contributed by atoms with Crippen LogP contribution in [0.4, 0.5) is 4.39 Å². The molecule has 0 heterocycles. The van der Waals surface area contributed by atoms with Gasteiger partial charge in [-0.05, 0) is 62.6 Å². The minimum Gasteiger partial charge on any atom is -0.490 e. The van der Waals surface area contributed by atoms with Crippen LogP contribution in [0.5, 0.6) is 5.75 Å². The van der Waals surface area contributed by atoms with E-state index in [0.717, 1.165) is 11.5 Å². The lowest BCUT2D eigenvalue weighted by molar-refractivity contribution is 0.285. The van der Waals surface area contributed by atoms with E-state index in [1.807, 2.05) is 19.9 Å². The fraction of sp³-hybridized carbons (Fsp3) is 0.632. The van der Waals surface area contributed by atoms with Crippen LogP contribution in [-0.2, 0) is 0 Å². The Morgan fingerprint density at radius 3 is 2.75 bits per heavy atom. The predicted octanol–water partition coefficient (Wildman–Crippen LogP) is 3.64. The van der Waals surface area contributed by atoms with Gasteiger partial charge in [-0.3, -0.25) is 4.99 Å². The molecule has 1 aromatic rings. The minimum absolute atomic E-state index is 0.0242. The lowest BCUT2D eigenvalue weighted by Gasteiger charge is -2.19. The van der Waals surface area contributed by atoms with Crippen LogP contribution >= 0.6 is 0 Å². The molecule has 0 amide bonds. The van der Waals surface area contributed by atoms with Crippen molar-refractivity contribution in [1.82, 2.24) is 10.6 Å². The van der Waals surface area contributed by atoms with Gasteiger partial charge in [0, 0.05) is 12.6 Å². The summed E-state index contributed by atoms with van der Waals surface area (Å²) in [7, 11) is 0. The first-order valence-corrected chi connectivity index (χ1v) is 9.06. The second kappa shape index (κ2) is 7.41. The van der Waals surface area contributed by atoms with Gasteiger partial charge in [0.15, 0.2) is 17.5 Å². The van der Waals surface area contributed by atoms with Crippen LogP contribution in [0.3, 0.4) is 0 Å². The molecule has 1 aromatic carbocycles. The van der Waals surface area contributed by atoms with Gasteiger partial charge in [0.25, 0.3) is 0 Å². The third-order valence-electron chi connectivity index (χ3n) is 4.73. The maximum Gasteiger partial charge on any atom is 0.191 e. The van der Waals surface area contributed by atoms with Crippen LogP contribution in [0.15, 0.2) is 23.2 Å². The summed E-state index contributed by atoms with van der Waals surface area (Å²) in [6.07, 6.45) is 3.58. The van der Waals surface area contributed by atoms with Crippen molar-refractivity contribution in [1.29, 1.82) is 0 Å². The Kier molecular flexibility index (Phi) is 5.27. The number of halogens is 1. The van der Waals surface area contributed by atoms with Crippen molar-refractivity contribution in [2.45, 2.75) is 52.1 Å². The van der Waals surface area contributed by atoms with Crippen molar-refractivity contribution in [2.24, 2.45) is 16.8 Å². The van der Waals surface area contributed by atoms with E-state index in [-0.39, 0.29) is 11.9 Å². The number of benzene rings is 1. The number of hydrogen-bond acceptors (Lipinski definition) is 2. The number of hydrogen-bond donors (Lipinski definition) is 2. The molecular formula is C19H28FN3O. The smallest absolute Gasteiger partial charge is 0.191 e. The minimum atomic E-state index is -0.292. The van der Waals surface area contributed by atoms with Crippen molar-refractivity contribution in [2.75, 3.05) is 13.2 Å². The second-order valence-electron chi connectivity index (χ2n) is 7.10. The zero-order valence-electron chi connectivity index (χ0n) is 14.8. The van der Waals surface area contributed by atoms with E-state index in [1.54, 1.807) is 12.1 Å². The highest BCUT2D eigenvalue weighted by Gasteiger charge is 2.33. The van der Waals surface area contributed by atoms with Crippen molar-refractivity contribution in [3.8, 4) is 5.75 Å². The highest BCUT2D eigenvalue weighted by molar-refractivity contribution is 5.80. The summed E-state index contributed by atoms with van der Waals surface area (Å²) < 4.78 is 19.8. The number of ether oxygens (including phenoxy) is 1. The molecule has 2 N–H and O–H groups in total. The summed E-state index contributed by atoms with van der Waals surface area (Å²) in [5, 5.41) is 6.79. The van der Waals surface area contributed by atoms with Crippen molar-refractivity contribution in [3.05, 3.63) is 29.6 Å². The third-order valence-corrected chi connectivity index (χ3v) is 4.73. The molecule has 0 saturated heterocycles. The monoisotopic (exact) mass is 333 g/mol. The molecule has 0 bridgehead atoms. The molecular weight excluding hydrogens is 305 g/mol. The van der Waals surface area contributed by atoms with E-state index < -0.39 is 0 Å². The van der Waals surface area contributed by atoms with Gasteiger partial charge < -0.3 is 15.4 Å². The first-order chi connectivity index (χ1) is 11.6. The second-order valence-corrected chi connectivity index (χ2v) is 7.10. The van der Waals surface area contributed by atoms with Crippen LogP contribution in [0.1, 0.15) is 51.6 Å². The Hall–Kier alpha value is -1.78. The molecule has 2 aliphatic carbocycles. The summed E-state index contributed by atoms with van der Waals surface area (Å²) in [5.41, 5.74) is 0.890. The van der Waals surface area contributed by atoms with Crippen molar-refractivity contribution >= 4 is 5.96 Å². The van der Waals surface area contributed by atoms with Crippen molar-refractivity contribution in [3.63, 3.8) is 0 Å². The highest BCUT2D eigenvalue weighted by Crippen LogP contribution is 2.31. The zero-order chi connectivity index (χ0) is 17.1. The molecule has 0 aliphatic heterocycles. The maximum absolute atomic E-state index is 14.2. The van der Waals surface area contributed by atoms with E-state index in [1.165, 1.54) is 19.3 Å². The standard InChI is InChI=1S/C19H28FN3O/c1-4-21-19(23-17-9-12(17)2)22-13(3)15-7-8-18(16(20)10-15)24-11-14-5-6-14/h7-8,10,12-14,17H,4-6,9,11H2,1-3H3,(H2,21,22,23). The summed E-state index contributed by atoms with van der Waals surface area (Å²) in [6, 6.07) is 5.70. The molecule has 3 unspecified atom stereocenters. The number of nitrogens with zero attached hydrogens (tertiary/aromatic N) is 1. The fourth-order valence-electron chi connectivity index (χ4n) is 2.67. The van der Waals surface area contributed by atoms with Gasteiger partial charge in [0.05, 0.1) is 12.6 Å². The number of guanidine groups is 1. The van der Waals surface area contributed by atoms with Gasteiger partial charge in [-0.2, -0.15) is 0 Å². The average Bonchev–Trinajstić information content (AvgIpc) is 3.46. The topological polar surface area (TPSA) is 45.7 Å². The lowest BCUT2D eigenvalue weighted by atomic mass is 10.1. The normalized spacial score (nSPS) is 24.4. The van der Waals surface area contributed by atoms with Crippen LogP contribution in [0, 0.1) is 17.7 Å². The molecule has 3 atom stereocenters. The Bertz CT molecular complexity index is 600. The fourth-order valence-corrected chi connectivity index (χ4v) is 2.67. The summed E-state index contributed by atoms with van der Waals surface area (Å²) in [5.74, 6) is 2.18. The number of nitrogens with one attached hydrogen (secondary N) is 2. The quantitative estimate of drug-likeness (QED) is 0.591. The largest absolute Gasteiger partial charge is 0.490 e. The van der Waals surface area contributed by atoms with Gasteiger partial charge in [-0.1, -0.05) is 13.0 Å². The van der Waals surface area contributed by atoms with Crippen LogP contribution in [0.25, 0.3) is 0 Å². The van der Waals surface area contributed by atoms with Gasteiger partial charge in [0.2, 0.25) is 0 Å². The van der Waals surface area contributed by atoms with Gasteiger partial charge >= 0.3 is 0 Å². The Morgan fingerprint density at radius 2 is 2.17 bits per heavy atom. The summed E-state index contributed by atoms with van der Waals surface area (Å²) >= 11 is 0. The van der Waals surface area contributed by atoms with E-state index in [2.05, 4.69) is 22.5 Å². The van der Waals surface area contributed by atoms with Gasteiger partial charge in [0.1, 0.15) is 0 Å². The molecule has 0 aromatic heterocycles. The maximum atomic E-state index is 14.2. The summed E-state index contributed by atoms with van der Waals surface area (Å²) in [4.78, 5) is 4.48. The van der Waals surface area contributed by atoms with E-state index >= 15 is 0 Å². The number of rotatable bonds is 7. The van der Waals surface area contributed by atoms with Crippen LogP contribution < -0.4 is 15.4 Å². The van der Waals surface area contributed by atoms with E-state index in [0.29, 0.717) is 36.8 Å². The average molecular weight is 333 g/mol. The molecule has 132 valence electrons. The third kappa shape index (κ3) is 4.62. The zero-order valence-corrected chi connectivity index (χ0v) is 14.8. The molecule has 3 rings (SSSR count). The van der Waals surface area contributed by atoms with Gasteiger partial charge in [-0.25, -0.2) is 4.39 Å². The molecule has 0 radical (unpaired) electrons. The molecule has 24 heavy (non-hydrogen) atoms. The van der Waals surface area contributed by atoms with E-state index in [4.69, 9.17) is 4.74 Å². The molecule has 0 spiro atoms. The first kappa shape index (κ1) is 17.1. The van der Waals surface area contributed by atoms with Crippen LogP contribution in [-0.4, -0.2) is 25.2 Å². The number of aliphatic imine (C=N–C) groups is 1. The predicted molar refractivity (Wildman–Crippen MR) is 94.9 cm³/mol. The van der Waals surface area contributed by atoms with Gasteiger partial charge in [-0.15, -0.1) is 0 Å².